The molecule has 3 amide bonds. The molecule has 1 atom stereocenters. The summed E-state index contributed by atoms with van der Waals surface area (Å²) in [5.74, 6) is -0.739. The van der Waals surface area contributed by atoms with Gasteiger partial charge < -0.3 is 10.2 Å². The third kappa shape index (κ3) is 4.45. The van der Waals surface area contributed by atoms with Crippen molar-refractivity contribution in [1.82, 2.24) is 10.2 Å². The molecule has 6 heteroatoms. The van der Waals surface area contributed by atoms with Gasteiger partial charge >= 0.3 is 0 Å². The fourth-order valence-electron chi connectivity index (χ4n) is 4.86. The van der Waals surface area contributed by atoms with Crippen molar-refractivity contribution < 1.29 is 14.4 Å². The Morgan fingerprint density at radius 2 is 1.47 bits per heavy atom. The first-order valence-corrected chi connectivity index (χ1v) is 12.0. The maximum atomic E-state index is 13.9. The van der Waals surface area contributed by atoms with E-state index in [0.717, 1.165) is 27.6 Å². The van der Waals surface area contributed by atoms with E-state index in [0.29, 0.717) is 12.0 Å². The molecule has 0 aliphatic carbocycles. The van der Waals surface area contributed by atoms with Gasteiger partial charge in [0.05, 0.1) is 5.69 Å². The standard InChI is InChI=1S/C30H27N3O3/c1-31-29(35)26(18-21-10-4-2-5-11-21)32(19-22-12-6-3-7-13-22)27(34)20-33-25-17-9-15-23-14-8-16-24(28(23)25)30(33)36/h2-17,26H,18-20H2,1H3,(H,31,35). The highest BCUT2D eigenvalue weighted by Crippen LogP contribution is 2.37. The Morgan fingerprint density at radius 1 is 0.833 bits per heavy atom. The second-order valence-electron chi connectivity index (χ2n) is 8.90. The van der Waals surface area contributed by atoms with Gasteiger partial charge in [0.25, 0.3) is 5.91 Å². The molecule has 0 fully saturated rings. The zero-order valence-electron chi connectivity index (χ0n) is 20.1. The van der Waals surface area contributed by atoms with Crippen molar-refractivity contribution in [3.05, 3.63) is 114 Å². The van der Waals surface area contributed by atoms with E-state index in [1.807, 2.05) is 91.0 Å². The van der Waals surface area contributed by atoms with Gasteiger partial charge in [-0.05, 0) is 28.6 Å². The van der Waals surface area contributed by atoms with Crippen LogP contribution in [0, 0.1) is 0 Å². The van der Waals surface area contributed by atoms with Crippen molar-refractivity contribution in [3.8, 4) is 0 Å². The van der Waals surface area contributed by atoms with Crippen molar-refractivity contribution in [2.45, 2.75) is 19.0 Å². The number of nitrogens with zero attached hydrogens (tertiary/aromatic N) is 2. The van der Waals surface area contributed by atoms with E-state index in [1.165, 1.54) is 4.90 Å². The number of likely N-dealkylation sites (N-methyl/N-ethyl adjacent to an activating group) is 1. The molecule has 0 aromatic heterocycles. The molecule has 5 rings (SSSR count). The number of nitrogens with one attached hydrogen (secondary N) is 1. The lowest BCUT2D eigenvalue weighted by atomic mass is 10.0. The van der Waals surface area contributed by atoms with Crippen molar-refractivity contribution >= 4 is 34.2 Å². The van der Waals surface area contributed by atoms with Crippen molar-refractivity contribution in [2.24, 2.45) is 0 Å². The number of rotatable bonds is 8. The van der Waals surface area contributed by atoms with Crippen LogP contribution in [-0.4, -0.2) is 42.3 Å². The Labute approximate surface area is 210 Å². The Morgan fingerprint density at radius 3 is 2.14 bits per heavy atom. The predicted molar refractivity (Wildman–Crippen MR) is 141 cm³/mol. The van der Waals surface area contributed by atoms with Gasteiger partial charge in [-0.25, -0.2) is 0 Å². The largest absolute Gasteiger partial charge is 0.357 e. The minimum Gasteiger partial charge on any atom is -0.357 e. The van der Waals surface area contributed by atoms with Crippen LogP contribution in [0.15, 0.2) is 97.1 Å². The molecule has 4 aromatic rings. The van der Waals surface area contributed by atoms with Crippen molar-refractivity contribution in [2.75, 3.05) is 18.5 Å². The smallest absolute Gasteiger partial charge is 0.259 e. The van der Waals surface area contributed by atoms with Crippen LogP contribution in [0.3, 0.4) is 0 Å². The zero-order chi connectivity index (χ0) is 25.1. The van der Waals surface area contributed by atoms with E-state index in [4.69, 9.17) is 0 Å². The average Bonchev–Trinajstić information content (AvgIpc) is 3.19. The number of benzene rings is 4. The van der Waals surface area contributed by atoms with Gasteiger partial charge in [-0.2, -0.15) is 0 Å². The highest BCUT2D eigenvalue weighted by atomic mass is 16.2. The normalized spacial score (nSPS) is 13.0. The van der Waals surface area contributed by atoms with Crippen molar-refractivity contribution in [3.63, 3.8) is 0 Å². The summed E-state index contributed by atoms with van der Waals surface area (Å²) in [5.41, 5.74) is 3.18. The first kappa shape index (κ1) is 23.3. The van der Waals surface area contributed by atoms with Gasteiger partial charge in [-0.1, -0.05) is 84.9 Å². The quantitative estimate of drug-likeness (QED) is 0.414. The minimum absolute atomic E-state index is 0.151. The van der Waals surface area contributed by atoms with E-state index < -0.39 is 6.04 Å². The first-order valence-electron chi connectivity index (χ1n) is 12.0. The molecule has 0 saturated carbocycles. The summed E-state index contributed by atoms with van der Waals surface area (Å²) in [7, 11) is 1.58. The van der Waals surface area contributed by atoms with Crippen LogP contribution in [0.1, 0.15) is 21.5 Å². The fraction of sp³-hybridized carbons (Fsp3) is 0.167. The Hall–Kier alpha value is -4.45. The van der Waals surface area contributed by atoms with Gasteiger partial charge in [0.15, 0.2) is 0 Å². The molecule has 0 spiro atoms. The molecular formula is C30H27N3O3. The van der Waals surface area contributed by atoms with Crippen LogP contribution in [-0.2, 0) is 22.6 Å². The van der Waals surface area contributed by atoms with E-state index >= 15 is 0 Å². The van der Waals surface area contributed by atoms with Crippen LogP contribution in [0.25, 0.3) is 10.8 Å². The van der Waals surface area contributed by atoms with Crippen LogP contribution in [0.4, 0.5) is 5.69 Å². The van der Waals surface area contributed by atoms with Gasteiger partial charge in [-0.3, -0.25) is 19.3 Å². The topological polar surface area (TPSA) is 69.7 Å². The molecule has 0 bridgehead atoms. The summed E-state index contributed by atoms with van der Waals surface area (Å²) in [5, 5.41) is 4.55. The van der Waals surface area contributed by atoms with Gasteiger partial charge in [-0.15, -0.1) is 0 Å². The van der Waals surface area contributed by atoms with Gasteiger partial charge in [0.2, 0.25) is 11.8 Å². The molecule has 4 aromatic carbocycles. The SMILES string of the molecule is CNC(=O)C(Cc1ccccc1)N(Cc1ccccc1)C(=O)CN1C(=O)c2cccc3cccc1c23. The van der Waals surface area contributed by atoms with Crippen molar-refractivity contribution in [1.29, 1.82) is 0 Å². The maximum absolute atomic E-state index is 13.9. The zero-order valence-corrected chi connectivity index (χ0v) is 20.1. The lowest BCUT2D eigenvalue weighted by molar-refractivity contribution is -0.140. The first-order chi connectivity index (χ1) is 17.6. The van der Waals surface area contributed by atoms with Gasteiger partial charge in [0.1, 0.15) is 12.6 Å². The molecule has 1 unspecified atom stereocenters. The number of amides is 3. The Kier molecular flexibility index (Phi) is 6.50. The second-order valence-corrected chi connectivity index (χ2v) is 8.90. The second kappa shape index (κ2) is 10.0. The predicted octanol–water partition coefficient (Wildman–Crippen LogP) is 4.19. The number of carbonyl (C=O) groups excluding carboxylic acids is 3. The van der Waals surface area contributed by atoms with Gasteiger partial charge in [0, 0.05) is 31.0 Å². The molecule has 0 radical (unpaired) electrons. The summed E-state index contributed by atoms with van der Waals surface area (Å²) in [6.45, 7) is 0.103. The lowest BCUT2D eigenvalue weighted by Gasteiger charge is -2.32. The highest BCUT2D eigenvalue weighted by molar-refractivity contribution is 6.26. The third-order valence-electron chi connectivity index (χ3n) is 6.66. The fourth-order valence-corrected chi connectivity index (χ4v) is 4.86. The van der Waals surface area contributed by atoms with E-state index in [-0.39, 0.29) is 30.8 Å². The molecule has 1 aliphatic rings. The summed E-state index contributed by atoms with van der Waals surface area (Å²) in [6, 6.07) is 29.8. The highest BCUT2D eigenvalue weighted by Gasteiger charge is 2.35. The Balaban J connectivity index is 1.49. The molecule has 1 N–H and O–H groups in total. The van der Waals surface area contributed by atoms with E-state index in [2.05, 4.69) is 5.32 Å². The summed E-state index contributed by atoms with van der Waals surface area (Å²) >= 11 is 0. The molecular weight excluding hydrogens is 450 g/mol. The molecule has 1 aliphatic heterocycles. The maximum Gasteiger partial charge on any atom is 0.259 e. The van der Waals surface area contributed by atoms with Crippen LogP contribution in [0.2, 0.25) is 0 Å². The lowest BCUT2D eigenvalue weighted by Crippen LogP contribution is -2.52. The molecule has 36 heavy (non-hydrogen) atoms. The molecule has 1 heterocycles. The summed E-state index contributed by atoms with van der Waals surface area (Å²) < 4.78 is 0. The average molecular weight is 478 g/mol. The minimum atomic E-state index is -0.735. The van der Waals surface area contributed by atoms with Crippen LogP contribution >= 0.6 is 0 Å². The van der Waals surface area contributed by atoms with Crippen LogP contribution < -0.4 is 10.2 Å². The Bertz CT molecular complexity index is 1410. The number of anilines is 1. The summed E-state index contributed by atoms with van der Waals surface area (Å²) in [6.07, 6.45) is 0.364. The monoisotopic (exact) mass is 477 g/mol. The molecule has 0 saturated heterocycles. The van der Waals surface area contributed by atoms with Crippen LogP contribution in [0.5, 0.6) is 0 Å². The summed E-state index contributed by atoms with van der Waals surface area (Å²) in [4.78, 5) is 43.5. The number of hydrogen-bond donors (Lipinski definition) is 1. The van der Waals surface area contributed by atoms with E-state index in [9.17, 15) is 14.4 Å². The third-order valence-corrected chi connectivity index (χ3v) is 6.66. The number of carbonyl (C=O) groups is 3. The van der Waals surface area contributed by atoms with E-state index in [1.54, 1.807) is 18.0 Å². The molecule has 180 valence electrons. The molecule has 6 nitrogen and oxygen atoms in total. The number of hydrogen-bond acceptors (Lipinski definition) is 3.